The van der Waals surface area contributed by atoms with Gasteiger partial charge >= 0.3 is 5.97 Å². The Balaban J connectivity index is 1.84. The van der Waals surface area contributed by atoms with E-state index in [2.05, 4.69) is 15.6 Å². The minimum atomic E-state index is -1.17. The van der Waals surface area contributed by atoms with Crippen LogP contribution >= 0.6 is 0 Å². The highest BCUT2D eigenvalue weighted by Crippen LogP contribution is 2.15. The number of hydrogen-bond donors (Lipinski definition) is 2. The average Bonchev–Trinajstić information content (AvgIpc) is 2.98. The maximum Gasteiger partial charge on any atom is 0.358 e. The van der Waals surface area contributed by atoms with E-state index >= 15 is 0 Å². The van der Waals surface area contributed by atoms with Crippen molar-refractivity contribution >= 4 is 11.9 Å². The molecule has 0 saturated carbocycles. The van der Waals surface area contributed by atoms with Gasteiger partial charge in [-0.25, -0.2) is 9.48 Å². The summed E-state index contributed by atoms with van der Waals surface area (Å²) in [5.41, 5.74) is -0.181. The number of ether oxygens (including phenoxy) is 1. The summed E-state index contributed by atoms with van der Waals surface area (Å²) in [6.45, 7) is 2.56. The molecular formula is C11H16N4O4. The van der Waals surface area contributed by atoms with Crippen molar-refractivity contribution in [1.29, 1.82) is 0 Å². The Labute approximate surface area is 109 Å². The first kappa shape index (κ1) is 13.5. The first-order valence-corrected chi connectivity index (χ1v) is 6.10. The van der Waals surface area contributed by atoms with Gasteiger partial charge in [-0.1, -0.05) is 5.21 Å². The van der Waals surface area contributed by atoms with Gasteiger partial charge in [0.2, 0.25) is 5.91 Å². The highest BCUT2D eigenvalue weighted by Gasteiger charge is 2.23. The fourth-order valence-electron chi connectivity index (χ4n) is 2.01. The standard InChI is InChI=1S/C11H16N4O4/c1-7(9-3-2-4-19-9)12-10(16)6-15-5-8(11(17)18)13-14-15/h5,7,9H,2-4,6H2,1H3,(H,12,16)(H,17,18). The normalized spacial score (nSPS) is 20.2. The summed E-state index contributed by atoms with van der Waals surface area (Å²) in [6.07, 6.45) is 3.22. The number of carbonyl (C=O) groups is 2. The second-order valence-electron chi connectivity index (χ2n) is 4.51. The number of amides is 1. The molecule has 1 fully saturated rings. The number of nitrogens with zero attached hydrogens (tertiary/aromatic N) is 3. The van der Waals surface area contributed by atoms with Crippen molar-refractivity contribution in [3.8, 4) is 0 Å². The van der Waals surface area contributed by atoms with Gasteiger partial charge in [0.25, 0.3) is 0 Å². The van der Waals surface area contributed by atoms with Crippen molar-refractivity contribution in [3.63, 3.8) is 0 Å². The molecule has 2 heterocycles. The van der Waals surface area contributed by atoms with E-state index in [0.29, 0.717) is 0 Å². The molecule has 0 aromatic carbocycles. The van der Waals surface area contributed by atoms with E-state index in [1.54, 1.807) is 0 Å². The Hall–Kier alpha value is -1.96. The van der Waals surface area contributed by atoms with Gasteiger partial charge in [-0.05, 0) is 19.8 Å². The molecule has 1 aliphatic rings. The van der Waals surface area contributed by atoms with Crippen LogP contribution in [0.25, 0.3) is 0 Å². The fraction of sp³-hybridized carbons (Fsp3) is 0.636. The van der Waals surface area contributed by atoms with Crippen LogP contribution in [0.5, 0.6) is 0 Å². The van der Waals surface area contributed by atoms with Gasteiger partial charge in [-0.2, -0.15) is 0 Å². The summed E-state index contributed by atoms with van der Waals surface area (Å²) in [7, 11) is 0. The van der Waals surface area contributed by atoms with Crippen molar-refractivity contribution in [2.24, 2.45) is 0 Å². The molecule has 0 radical (unpaired) electrons. The van der Waals surface area contributed by atoms with Gasteiger partial charge < -0.3 is 15.2 Å². The predicted octanol–water partition coefficient (Wildman–Crippen LogP) is -0.340. The third-order valence-corrected chi connectivity index (χ3v) is 2.97. The molecular weight excluding hydrogens is 252 g/mol. The second-order valence-corrected chi connectivity index (χ2v) is 4.51. The summed E-state index contributed by atoms with van der Waals surface area (Å²) < 4.78 is 6.67. The topological polar surface area (TPSA) is 106 Å². The number of hydrogen-bond acceptors (Lipinski definition) is 5. The fourth-order valence-corrected chi connectivity index (χ4v) is 2.01. The minimum absolute atomic E-state index is 0.0503. The van der Waals surface area contributed by atoms with Gasteiger partial charge in [0.15, 0.2) is 5.69 Å². The maximum atomic E-state index is 11.8. The van der Waals surface area contributed by atoms with Crippen LogP contribution in [0.3, 0.4) is 0 Å². The third kappa shape index (κ3) is 3.50. The number of carbonyl (C=O) groups excluding carboxylic acids is 1. The van der Waals surface area contributed by atoms with E-state index in [0.717, 1.165) is 19.4 Å². The van der Waals surface area contributed by atoms with E-state index in [1.807, 2.05) is 6.92 Å². The summed E-state index contributed by atoms with van der Waals surface area (Å²) in [5, 5.41) is 18.5. The van der Waals surface area contributed by atoms with E-state index in [9.17, 15) is 9.59 Å². The lowest BCUT2D eigenvalue weighted by Crippen LogP contribution is -2.42. The lowest BCUT2D eigenvalue weighted by Gasteiger charge is -2.19. The summed E-state index contributed by atoms with van der Waals surface area (Å²) >= 11 is 0. The van der Waals surface area contributed by atoms with Crippen molar-refractivity contribution < 1.29 is 19.4 Å². The number of nitrogens with one attached hydrogen (secondary N) is 1. The van der Waals surface area contributed by atoms with E-state index in [-0.39, 0.29) is 30.3 Å². The summed E-state index contributed by atoms with van der Waals surface area (Å²) in [5.74, 6) is -1.41. The first-order chi connectivity index (χ1) is 9.06. The number of carboxylic acids is 1. The quantitative estimate of drug-likeness (QED) is 0.756. The van der Waals surface area contributed by atoms with Gasteiger partial charge in [0.1, 0.15) is 6.54 Å². The molecule has 2 unspecified atom stereocenters. The Morgan fingerprint density at radius 2 is 2.47 bits per heavy atom. The molecule has 1 aromatic rings. The molecule has 2 rings (SSSR count). The van der Waals surface area contributed by atoms with Crippen molar-refractivity contribution in [2.75, 3.05) is 6.61 Å². The zero-order chi connectivity index (χ0) is 13.8. The monoisotopic (exact) mass is 268 g/mol. The Morgan fingerprint density at radius 3 is 3.05 bits per heavy atom. The third-order valence-electron chi connectivity index (χ3n) is 2.97. The molecule has 19 heavy (non-hydrogen) atoms. The van der Waals surface area contributed by atoms with E-state index in [4.69, 9.17) is 9.84 Å². The Bertz CT molecular complexity index is 467. The highest BCUT2D eigenvalue weighted by atomic mass is 16.5. The molecule has 2 atom stereocenters. The molecule has 2 N–H and O–H groups in total. The van der Waals surface area contributed by atoms with Crippen LogP contribution < -0.4 is 5.32 Å². The molecule has 0 spiro atoms. The average molecular weight is 268 g/mol. The van der Waals surface area contributed by atoms with Crippen molar-refractivity contribution in [2.45, 2.75) is 38.5 Å². The highest BCUT2D eigenvalue weighted by molar-refractivity contribution is 5.84. The Morgan fingerprint density at radius 1 is 1.68 bits per heavy atom. The molecule has 1 aromatic heterocycles. The smallest absolute Gasteiger partial charge is 0.358 e. The molecule has 0 bridgehead atoms. The molecule has 8 nitrogen and oxygen atoms in total. The maximum absolute atomic E-state index is 11.8. The molecule has 1 amide bonds. The van der Waals surface area contributed by atoms with Crippen LogP contribution in [-0.4, -0.2) is 50.7 Å². The van der Waals surface area contributed by atoms with Crippen LogP contribution in [0.4, 0.5) is 0 Å². The van der Waals surface area contributed by atoms with Crippen LogP contribution in [0.15, 0.2) is 6.20 Å². The zero-order valence-electron chi connectivity index (χ0n) is 10.6. The zero-order valence-corrected chi connectivity index (χ0v) is 10.6. The first-order valence-electron chi connectivity index (χ1n) is 6.10. The molecule has 0 aliphatic carbocycles. The number of aromatic carboxylic acids is 1. The van der Waals surface area contributed by atoms with Crippen molar-refractivity contribution in [3.05, 3.63) is 11.9 Å². The summed E-state index contributed by atoms with van der Waals surface area (Å²) in [6, 6.07) is -0.0718. The molecule has 104 valence electrons. The van der Waals surface area contributed by atoms with Gasteiger partial charge in [0, 0.05) is 6.61 Å². The number of rotatable bonds is 5. The molecule has 1 aliphatic heterocycles. The van der Waals surface area contributed by atoms with E-state index < -0.39 is 5.97 Å². The lowest BCUT2D eigenvalue weighted by atomic mass is 10.1. The second kappa shape index (κ2) is 5.79. The van der Waals surface area contributed by atoms with Gasteiger partial charge in [-0.15, -0.1) is 5.10 Å². The van der Waals surface area contributed by atoms with Crippen LogP contribution in [-0.2, 0) is 16.1 Å². The van der Waals surface area contributed by atoms with Crippen LogP contribution in [0.2, 0.25) is 0 Å². The van der Waals surface area contributed by atoms with Crippen molar-refractivity contribution in [1.82, 2.24) is 20.3 Å². The molecule has 8 heteroatoms. The van der Waals surface area contributed by atoms with Gasteiger partial charge in [-0.3, -0.25) is 4.79 Å². The summed E-state index contributed by atoms with van der Waals surface area (Å²) in [4.78, 5) is 22.4. The lowest BCUT2D eigenvalue weighted by molar-refractivity contribution is -0.123. The molecule has 1 saturated heterocycles. The number of aromatic nitrogens is 3. The SMILES string of the molecule is CC(NC(=O)Cn1cc(C(=O)O)nn1)C1CCCO1. The predicted molar refractivity (Wildman–Crippen MR) is 63.6 cm³/mol. The van der Waals surface area contributed by atoms with Gasteiger partial charge in [0.05, 0.1) is 18.3 Å². The minimum Gasteiger partial charge on any atom is -0.476 e. The van der Waals surface area contributed by atoms with Crippen LogP contribution in [0, 0.1) is 0 Å². The number of carboxylic acid groups (broad SMARTS) is 1. The Kier molecular flexibility index (Phi) is 4.10. The largest absolute Gasteiger partial charge is 0.476 e. The van der Waals surface area contributed by atoms with Crippen LogP contribution in [0.1, 0.15) is 30.3 Å². The van der Waals surface area contributed by atoms with E-state index in [1.165, 1.54) is 10.9 Å².